The van der Waals surface area contributed by atoms with Crippen LogP contribution in [0.4, 0.5) is 5.69 Å². The summed E-state index contributed by atoms with van der Waals surface area (Å²) in [5.74, 6) is 0.862. The van der Waals surface area contributed by atoms with Gasteiger partial charge in [-0.3, -0.25) is 0 Å². The molecule has 0 spiro atoms. The molecule has 112 valence electrons. The third-order valence-electron chi connectivity index (χ3n) is 3.41. The summed E-state index contributed by atoms with van der Waals surface area (Å²) in [4.78, 5) is 0.104. The zero-order valence-corrected chi connectivity index (χ0v) is 12.2. The van der Waals surface area contributed by atoms with Crippen molar-refractivity contribution in [2.45, 2.75) is 18.0 Å². The van der Waals surface area contributed by atoms with Crippen LogP contribution >= 0.6 is 0 Å². The molecule has 1 aliphatic heterocycles. The van der Waals surface area contributed by atoms with Crippen LogP contribution in [-0.4, -0.2) is 41.1 Å². The number of hydrogen-bond donors (Lipinski definition) is 1. The number of aromatic nitrogens is 3. The first-order chi connectivity index (χ1) is 10.0. The van der Waals surface area contributed by atoms with Crippen molar-refractivity contribution in [3.05, 3.63) is 30.4 Å². The Hall–Kier alpha value is -2.13. The Morgan fingerprint density at radius 2 is 2.14 bits per heavy atom. The van der Waals surface area contributed by atoms with E-state index in [1.807, 2.05) is 4.57 Å². The number of anilines is 1. The highest BCUT2D eigenvalue weighted by Crippen LogP contribution is 2.30. The zero-order chi connectivity index (χ0) is 15.0. The molecular formula is C12H15N5O3S. The van der Waals surface area contributed by atoms with E-state index in [9.17, 15) is 8.42 Å². The number of sulfonamides is 1. The number of benzene rings is 1. The Morgan fingerprint density at radius 1 is 1.33 bits per heavy atom. The average molecular weight is 309 g/mol. The fourth-order valence-corrected chi connectivity index (χ4v) is 3.81. The van der Waals surface area contributed by atoms with Gasteiger partial charge < -0.3 is 15.0 Å². The Balaban J connectivity index is 1.98. The highest BCUT2D eigenvalue weighted by molar-refractivity contribution is 7.89. The lowest BCUT2D eigenvalue weighted by molar-refractivity contribution is 0.332. The Morgan fingerprint density at radius 3 is 2.90 bits per heavy atom. The average Bonchev–Trinajstić information content (AvgIpc) is 2.94. The molecule has 8 nitrogen and oxygen atoms in total. The molecule has 3 rings (SSSR count). The minimum absolute atomic E-state index is 0.104. The Kier molecular flexibility index (Phi) is 3.30. The molecule has 0 amide bonds. The highest BCUT2D eigenvalue weighted by atomic mass is 32.2. The molecule has 2 aromatic rings. The van der Waals surface area contributed by atoms with Crippen LogP contribution < -0.4 is 10.5 Å². The fourth-order valence-electron chi connectivity index (χ4n) is 2.29. The van der Waals surface area contributed by atoms with Gasteiger partial charge in [0, 0.05) is 24.8 Å². The maximum Gasteiger partial charge on any atom is 0.247 e. The van der Waals surface area contributed by atoms with Crippen molar-refractivity contribution in [2.24, 2.45) is 0 Å². The normalized spacial score (nSPS) is 15.7. The van der Waals surface area contributed by atoms with Crippen LogP contribution in [0.25, 0.3) is 0 Å². The van der Waals surface area contributed by atoms with E-state index in [-0.39, 0.29) is 17.2 Å². The van der Waals surface area contributed by atoms with Gasteiger partial charge in [-0.1, -0.05) is 0 Å². The van der Waals surface area contributed by atoms with Crippen molar-refractivity contribution in [3.63, 3.8) is 0 Å². The van der Waals surface area contributed by atoms with Gasteiger partial charge >= 0.3 is 0 Å². The molecule has 1 aromatic heterocycles. The maximum atomic E-state index is 12.8. The van der Waals surface area contributed by atoms with Gasteiger partial charge in [-0.05, 0) is 12.1 Å². The largest absolute Gasteiger partial charge is 0.495 e. The molecule has 0 fully saturated rings. The minimum Gasteiger partial charge on any atom is -0.495 e. The third kappa shape index (κ3) is 2.34. The summed E-state index contributed by atoms with van der Waals surface area (Å²) < 4.78 is 33.9. The second-order valence-corrected chi connectivity index (χ2v) is 6.60. The van der Waals surface area contributed by atoms with E-state index in [0.717, 1.165) is 0 Å². The SMILES string of the molecule is COc1cc(N)ccc1S(=O)(=O)N1CCn2cnnc2C1. The summed E-state index contributed by atoms with van der Waals surface area (Å²) in [7, 11) is -2.25. The molecule has 2 heterocycles. The fraction of sp³-hybridized carbons (Fsp3) is 0.333. The van der Waals surface area contributed by atoms with E-state index in [1.54, 1.807) is 12.4 Å². The summed E-state index contributed by atoms with van der Waals surface area (Å²) in [6.07, 6.45) is 1.60. The molecule has 0 aliphatic carbocycles. The predicted molar refractivity (Wildman–Crippen MR) is 75.0 cm³/mol. The van der Waals surface area contributed by atoms with Crippen LogP contribution in [0.15, 0.2) is 29.4 Å². The standard InChI is InChI=1S/C12H15N5O3S/c1-20-10-6-9(13)2-3-11(10)21(18,19)17-5-4-16-8-14-15-12(16)7-17/h2-3,6,8H,4-5,7,13H2,1H3. The molecule has 21 heavy (non-hydrogen) atoms. The number of methoxy groups -OCH3 is 1. The highest BCUT2D eigenvalue weighted by Gasteiger charge is 2.31. The number of rotatable bonds is 3. The summed E-state index contributed by atoms with van der Waals surface area (Å²) in [6.45, 7) is 1.08. The van der Waals surface area contributed by atoms with E-state index in [0.29, 0.717) is 24.6 Å². The van der Waals surface area contributed by atoms with E-state index < -0.39 is 10.0 Å². The van der Waals surface area contributed by atoms with Crippen LogP contribution in [0.3, 0.4) is 0 Å². The van der Waals surface area contributed by atoms with Crippen LogP contribution in [0.5, 0.6) is 5.75 Å². The first kappa shape index (κ1) is 13.8. The van der Waals surface area contributed by atoms with Crippen LogP contribution in [0, 0.1) is 0 Å². The molecule has 0 radical (unpaired) electrons. The molecule has 1 aliphatic rings. The predicted octanol–water partition coefficient (Wildman–Crippen LogP) is 0.0734. The van der Waals surface area contributed by atoms with E-state index in [4.69, 9.17) is 10.5 Å². The van der Waals surface area contributed by atoms with Crippen molar-refractivity contribution < 1.29 is 13.2 Å². The summed E-state index contributed by atoms with van der Waals surface area (Å²) in [5.41, 5.74) is 6.11. The maximum absolute atomic E-state index is 12.8. The molecule has 1 aromatic carbocycles. The van der Waals surface area contributed by atoms with Gasteiger partial charge in [0.1, 0.15) is 22.8 Å². The number of ether oxygens (including phenoxy) is 1. The molecule has 0 unspecified atom stereocenters. The van der Waals surface area contributed by atoms with E-state index >= 15 is 0 Å². The number of nitrogens with zero attached hydrogens (tertiary/aromatic N) is 4. The zero-order valence-electron chi connectivity index (χ0n) is 11.4. The van der Waals surface area contributed by atoms with Crippen molar-refractivity contribution >= 4 is 15.7 Å². The molecule has 9 heteroatoms. The smallest absolute Gasteiger partial charge is 0.247 e. The van der Waals surface area contributed by atoms with Gasteiger partial charge in [-0.2, -0.15) is 4.31 Å². The van der Waals surface area contributed by atoms with Crippen LogP contribution in [-0.2, 0) is 23.1 Å². The van der Waals surface area contributed by atoms with E-state index in [2.05, 4.69) is 10.2 Å². The van der Waals surface area contributed by atoms with Gasteiger partial charge in [0.05, 0.1) is 13.7 Å². The monoisotopic (exact) mass is 309 g/mol. The summed E-state index contributed by atoms with van der Waals surface area (Å²) in [5, 5.41) is 7.72. The first-order valence-corrected chi connectivity index (χ1v) is 7.77. The lowest BCUT2D eigenvalue weighted by Crippen LogP contribution is -2.38. The van der Waals surface area contributed by atoms with E-state index in [1.165, 1.54) is 23.5 Å². The minimum atomic E-state index is -3.67. The molecule has 0 bridgehead atoms. The van der Waals surface area contributed by atoms with Gasteiger partial charge in [0.2, 0.25) is 10.0 Å². The first-order valence-electron chi connectivity index (χ1n) is 6.32. The number of nitrogen functional groups attached to an aromatic ring is 1. The van der Waals surface area contributed by atoms with Gasteiger partial charge in [-0.25, -0.2) is 8.42 Å². The summed E-state index contributed by atoms with van der Waals surface area (Å²) >= 11 is 0. The lowest BCUT2D eigenvalue weighted by atomic mass is 10.3. The van der Waals surface area contributed by atoms with Crippen LogP contribution in [0.1, 0.15) is 5.82 Å². The molecule has 0 saturated carbocycles. The quantitative estimate of drug-likeness (QED) is 0.805. The number of nitrogens with two attached hydrogens (primary N) is 1. The summed E-state index contributed by atoms with van der Waals surface area (Å²) in [6, 6.07) is 4.50. The van der Waals surface area contributed by atoms with Crippen molar-refractivity contribution in [3.8, 4) is 5.75 Å². The second kappa shape index (κ2) is 5.01. The van der Waals surface area contributed by atoms with Gasteiger partial charge in [0.25, 0.3) is 0 Å². The third-order valence-corrected chi connectivity index (χ3v) is 5.29. The topological polar surface area (TPSA) is 103 Å². The van der Waals surface area contributed by atoms with Crippen molar-refractivity contribution in [2.75, 3.05) is 19.4 Å². The van der Waals surface area contributed by atoms with Gasteiger partial charge in [-0.15, -0.1) is 10.2 Å². The van der Waals surface area contributed by atoms with Crippen molar-refractivity contribution in [1.29, 1.82) is 0 Å². The number of hydrogen-bond acceptors (Lipinski definition) is 6. The molecule has 0 atom stereocenters. The molecule has 0 saturated heterocycles. The lowest BCUT2D eigenvalue weighted by Gasteiger charge is -2.26. The molecular weight excluding hydrogens is 294 g/mol. The Labute approximate surface area is 122 Å². The van der Waals surface area contributed by atoms with Crippen molar-refractivity contribution in [1.82, 2.24) is 19.1 Å². The molecule has 2 N–H and O–H groups in total. The van der Waals surface area contributed by atoms with Crippen LogP contribution in [0.2, 0.25) is 0 Å². The Bertz CT molecular complexity index is 771. The van der Waals surface area contributed by atoms with Gasteiger partial charge in [0.15, 0.2) is 0 Å². The second-order valence-electron chi connectivity index (χ2n) is 4.69. The number of fused-ring (bicyclic) bond motifs is 1.